The highest BCUT2D eigenvalue weighted by molar-refractivity contribution is 5.78. The number of carbonyl (C=O) groups is 1. The van der Waals surface area contributed by atoms with Gasteiger partial charge in [0.05, 0.1) is 12.2 Å². The maximum atomic E-state index is 13.7. The van der Waals surface area contributed by atoms with E-state index in [1.165, 1.54) is 0 Å². The van der Waals surface area contributed by atoms with Crippen molar-refractivity contribution < 1.29 is 27.5 Å². The molecule has 1 aromatic carbocycles. The van der Waals surface area contributed by atoms with Gasteiger partial charge < -0.3 is 15.3 Å². The van der Waals surface area contributed by atoms with Crippen molar-refractivity contribution in [3.8, 4) is 0 Å². The number of alkyl halides is 3. The van der Waals surface area contributed by atoms with Gasteiger partial charge in [-0.15, -0.1) is 0 Å². The molecule has 0 atom stereocenters. The first-order valence-electron chi connectivity index (χ1n) is 7.78. The van der Waals surface area contributed by atoms with Crippen LogP contribution in [0.5, 0.6) is 0 Å². The summed E-state index contributed by atoms with van der Waals surface area (Å²) in [5.41, 5.74) is -1.03. The van der Waals surface area contributed by atoms with Gasteiger partial charge in [-0.2, -0.15) is 13.2 Å². The highest BCUT2D eigenvalue weighted by atomic mass is 19.4. The zero-order chi connectivity index (χ0) is 17.7. The molecule has 0 aliphatic carbocycles. The monoisotopic (exact) mass is 348 g/mol. The van der Waals surface area contributed by atoms with E-state index in [9.17, 15) is 22.4 Å². The Bertz CT molecular complexity index is 570. The molecule has 0 unspecified atom stereocenters. The van der Waals surface area contributed by atoms with Gasteiger partial charge in [0, 0.05) is 24.6 Å². The lowest BCUT2D eigenvalue weighted by molar-refractivity contribution is -0.137. The van der Waals surface area contributed by atoms with E-state index < -0.39 is 17.6 Å². The van der Waals surface area contributed by atoms with Gasteiger partial charge in [-0.1, -0.05) is 6.07 Å². The highest BCUT2D eigenvalue weighted by Crippen LogP contribution is 2.30. The molecule has 1 aliphatic heterocycles. The Balaban J connectivity index is 1.86. The minimum Gasteiger partial charge on any atom is -0.395 e. The van der Waals surface area contributed by atoms with Crippen LogP contribution in [-0.2, 0) is 17.5 Å². The SMILES string of the molecule is O=C(NCc1ccc(C(F)(F)F)cc1F)C1CCN(CCO)CC1. The summed E-state index contributed by atoms with van der Waals surface area (Å²) in [5.74, 6) is -1.40. The third kappa shape index (κ3) is 4.91. The fourth-order valence-electron chi connectivity index (χ4n) is 2.75. The molecule has 0 spiro atoms. The molecule has 1 aliphatic rings. The zero-order valence-electron chi connectivity index (χ0n) is 13.1. The molecule has 1 saturated heterocycles. The van der Waals surface area contributed by atoms with Crippen molar-refractivity contribution in [2.75, 3.05) is 26.2 Å². The summed E-state index contributed by atoms with van der Waals surface area (Å²) in [7, 11) is 0. The lowest BCUT2D eigenvalue weighted by Crippen LogP contribution is -2.41. The predicted octanol–water partition coefficient (Wildman–Crippen LogP) is 2.17. The molecule has 134 valence electrons. The van der Waals surface area contributed by atoms with E-state index in [-0.39, 0.29) is 30.5 Å². The second kappa shape index (κ2) is 7.94. The molecule has 0 bridgehead atoms. The normalized spacial score (nSPS) is 17.0. The molecule has 2 N–H and O–H groups in total. The minimum absolute atomic E-state index is 0.0223. The van der Waals surface area contributed by atoms with E-state index in [0.29, 0.717) is 38.5 Å². The number of aliphatic hydroxyl groups is 1. The standard InChI is InChI=1S/C16H20F4N2O2/c17-14-9-13(16(18,19)20)2-1-12(14)10-21-15(24)11-3-5-22(6-4-11)7-8-23/h1-2,9,11,23H,3-8,10H2,(H,21,24). The maximum Gasteiger partial charge on any atom is 0.416 e. The average molecular weight is 348 g/mol. The Kier molecular flexibility index (Phi) is 6.17. The Morgan fingerprint density at radius 1 is 1.29 bits per heavy atom. The largest absolute Gasteiger partial charge is 0.416 e. The molecule has 1 aromatic rings. The number of β-amino-alcohol motifs (C(OH)–C–C–N with tert-alkyl or cyclic N) is 1. The van der Waals surface area contributed by atoms with Crippen molar-refractivity contribution in [1.29, 1.82) is 0 Å². The summed E-state index contributed by atoms with van der Waals surface area (Å²) in [4.78, 5) is 14.1. The third-order valence-electron chi connectivity index (χ3n) is 4.21. The summed E-state index contributed by atoms with van der Waals surface area (Å²) in [6, 6.07) is 2.29. The Labute approximate surface area is 137 Å². The van der Waals surface area contributed by atoms with Crippen molar-refractivity contribution in [3.63, 3.8) is 0 Å². The smallest absolute Gasteiger partial charge is 0.395 e. The van der Waals surface area contributed by atoms with Crippen molar-refractivity contribution >= 4 is 5.91 Å². The summed E-state index contributed by atoms with van der Waals surface area (Å²) in [6.07, 6.45) is -3.31. The van der Waals surface area contributed by atoms with Crippen LogP contribution in [0.2, 0.25) is 0 Å². The van der Waals surface area contributed by atoms with Gasteiger partial charge in [-0.05, 0) is 38.1 Å². The van der Waals surface area contributed by atoms with Crippen LogP contribution >= 0.6 is 0 Å². The molecular formula is C16H20F4N2O2. The van der Waals surface area contributed by atoms with Crippen molar-refractivity contribution in [1.82, 2.24) is 10.2 Å². The number of piperidine rings is 1. The second-order valence-electron chi connectivity index (χ2n) is 5.86. The van der Waals surface area contributed by atoms with Crippen molar-refractivity contribution in [2.24, 2.45) is 5.92 Å². The van der Waals surface area contributed by atoms with E-state index in [2.05, 4.69) is 10.2 Å². The van der Waals surface area contributed by atoms with E-state index in [1.807, 2.05) is 0 Å². The quantitative estimate of drug-likeness (QED) is 0.802. The number of hydrogen-bond donors (Lipinski definition) is 2. The molecule has 1 amide bonds. The maximum absolute atomic E-state index is 13.7. The van der Waals surface area contributed by atoms with E-state index in [0.717, 1.165) is 12.1 Å². The fourth-order valence-corrected chi connectivity index (χ4v) is 2.75. The van der Waals surface area contributed by atoms with Gasteiger partial charge in [-0.3, -0.25) is 4.79 Å². The molecule has 1 heterocycles. The number of nitrogens with zero attached hydrogens (tertiary/aromatic N) is 1. The Hall–Kier alpha value is -1.67. The van der Waals surface area contributed by atoms with Crippen LogP contribution in [0.15, 0.2) is 18.2 Å². The number of rotatable bonds is 5. The molecule has 24 heavy (non-hydrogen) atoms. The average Bonchev–Trinajstić information content (AvgIpc) is 2.53. The number of benzene rings is 1. The fraction of sp³-hybridized carbons (Fsp3) is 0.562. The number of nitrogens with one attached hydrogen (secondary N) is 1. The molecule has 1 fully saturated rings. The minimum atomic E-state index is -4.59. The van der Waals surface area contributed by atoms with E-state index in [4.69, 9.17) is 5.11 Å². The van der Waals surface area contributed by atoms with Crippen LogP contribution in [0.1, 0.15) is 24.0 Å². The van der Waals surface area contributed by atoms with Crippen LogP contribution in [-0.4, -0.2) is 42.2 Å². The van der Waals surface area contributed by atoms with Gasteiger partial charge >= 0.3 is 6.18 Å². The Morgan fingerprint density at radius 2 is 1.96 bits per heavy atom. The van der Waals surface area contributed by atoms with E-state index >= 15 is 0 Å². The van der Waals surface area contributed by atoms with Crippen molar-refractivity contribution in [2.45, 2.75) is 25.6 Å². The summed E-state index contributed by atoms with van der Waals surface area (Å²) in [5, 5.41) is 11.5. The van der Waals surface area contributed by atoms with Crippen LogP contribution in [0, 0.1) is 11.7 Å². The highest BCUT2D eigenvalue weighted by Gasteiger charge is 2.31. The molecule has 0 radical (unpaired) electrons. The first-order chi connectivity index (χ1) is 11.3. The first kappa shape index (κ1) is 18.7. The van der Waals surface area contributed by atoms with Crippen LogP contribution in [0.25, 0.3) is 0 Å². The van der Waals surface area contributed by atoms with Crippen LogP contribution in [0.4, 0.5) is 17.6 Å². The van der Waals surface area contributed by atoms with Gasteiger partial charge in [0.1, 0.15) is 5.82 Å². The predicted molar refractivity (Wildman–Crippen MR) is 79.5 cm³/mol. The number of likely N-dealkylation sites (tertiary alicyclic amines) is 1. The molecule has 0 saturated carbocycles. The van der Waals surface area contributed by atoms with Gasteiger partial charge in [0.15, 0.2) is 0 Å². The number of hydrogen-bond acceptors (Lipinski definition) is 3. The molecule has 4 nitrogen and oxygen atoms in total. The number of aliphatic hydroxyl groups excluding tert-OH is 1. The molecular weight excluding hydrogens is 328 g/mol. The number of halogens is 4. The van der Waals surface area contributed by atoms with E-state index in [1.54, 1.807) is 0 Å². The lowest BCUT2D eigenvalue weighted by atomic mass is 9.96. The summed E-state index contributed by atoms with van der Waals surface area (Å²) < 4.78 is 51.2. The van der Waals surface area contributed by atoms with Gasteiger partial charge in [0.25, 0.3) is 0 Å². The molecule has 0 aromatic heterocycles. The Morgan fingerprint density at radius 3 is 2.50 bits per heavy atom. The summed E-state index contributed by atoms with van der Waals surface area (Å²) >= 11 is 0. The lowest BCUT2D eigenvalue weighted by Gasteiger charge is -2.30. The second-order valence-corrected chi connectivity index (χ2v) is 5.86. The zero-order valence-corrected chi connectivity index (χ0v) is 13.1. The van der Waals surface area contributed by atoms with Crippen molar-refractivity contribution in [3.05, 3.63) is 35.1 Å². The van der Waals surface area contributed by atoms with Crippen LogP contribution < -0.4 is 5.32 Å². The topological polar surface area (TPSA) is 52.6 Å². The summed E-state index contributed by atoms with van der Waals surface area (Å²) in [6.45, 7) is 1.91. The van der Waals surface area contributed by atoms with Gasteiger partial charge in [-0.25, -0.2) is 4.39 Å². The first-order valence-corrected chi connectivity index (χ1v) is 7.78. The third-order valence-corrected chi connectivity index (χ3v) is 4.21. The van der Waals surface area contributed by atoms with Crippen LogP contribution in [0.3, 0.4) is 0 Å². The number of amides is 1. The number of carbonyl (C=O) groups excluding carboxylic acids is 1. The molecule has 2 rings (SSSR count). The van der Waals surface area contributed by atoms with Gasteiger partial charge in [0.2, 0.25) is 5.91 Å². The molecule has 8 heteroatoms.